The first-order valence-electron chi connectivity index (χ1n) is 8.03. The fourth-order valence-corrected chi connectivity index (χ4v) is 3.92. The topological polar surface area (TPSA) is 88.1 Å². The Labute approximate surface area is 173 Å². The molecule has 0 aliphatic heterocycles. The van der Waals surface area contributed by atoms with Crippen molar-refractivity contribution in [1.82, 2.24) is 9.73 Å². The Hall–Kier alpha value is -2.13. The van der Waals surface area contributed by atoms with Crippen molar-refractivity contribution >= 4 is 45.3 Å². The number of rotatable bonds is 7. The lowest BCUT2D eigenvalue weighted by molar-refractivity contribution is -0.121. The van der Waals surface area contributed by atoms with Gasteiger partial charge in [0, 0.05) is 7.05 Å². The van der Waals surface area contributed by atoms with E-state index in [1.807, 2.05) is 0 Å². The van der Waals surface area contributed by atoms with E-state index in [2.05, 4.69) is 10.5 Å². The van der Waals surface area contributed by atoms with Gasteiger partial charge in [0.15, 0.2) is 0 Å². The molecule has 0 aliphatic rings. The van der Waals surface area contributed by atoms with Gasteiger partial charge in [0.25, 0.3) is 5.91 Å². The molecule has 10 heteroatoms. The first kappa shape index (κ1) is 22.2. The number of ether oxygens (including phenoxy) is 1. The largest absolute Gasteiger partial charge is 0.495 e. The maximum atomic E-state index is 12.8. The number of hydrazone groups is 1. The first-order chi connectivity index (χ1) is 13.1. The zero-order valence-electron chi connectivity index (χ0n) is 15.4. The van der Waals surface area contributed by atoms with Crippen LogP contribution in [0.5, 0.6) is 5.75 Å². The van der Waals surface area contributed by atoms with E-state index in [1.165, 1.54) is 26.4 Å². The van der Waals surface area contributed by atoms with Crippen molar-refractivity contribution in [1.29, 1.82) is 0 Å². The van der Waals surface area contributed by atoms with Crippen molar-refractivity contribution < 1.29 is 17.9 Å². The molecule has 0 spiro atoms. The van der Waals surface area contributed by atoms with E-state index in [9.17, 15) is 13.2 Å². The number of carbonyl (C=O) groups excluding carboxylic acids is 1. The third-order valence-electron chi connectivity index (χ3n) is 3.72. The van der Waals surface area contributed by atoms with Gasteiger partial charge in [-0.3, -0.25) is 4.79 Å². The first-order valence-corrected chi connectivity index (χ1v) is 10.2. The van der Waals surface area contributed by atoms with Gasteiger partial charge < -0.3 is 4.74 Å². The lowest BCUT2D eigenvalue weighted by Gasteiger charge is -2.18. The van der Waals surface area contributed by atoms with E-state index in [1.54, 1.807) is 37.3 Å². The van der Waals surface area contributed by atoms with Crippen LogP contribution < -0.4 is 10.2 Å². The molecule has 0 saturated carbocycles. The van der Waals surface area contributed by atoms with Crippen molar-refractivity contribution in [2.24, 2.45) is 5.10 Å². The monoisotopic (exact) mass is 443 g/mol. The number of amides is 1. The number of hydrogen-bond acceptors (Lipinski definition) is 5. The van der Waals surface area contributed by atoms with Crippen LogP contribution >= 0.6 is 23.2 Å². The maximum Gasteiger partial charge on any atom is 0.255 e. The fourth-order valence-electron chi connectivity index (χ4n) is 2.25. The molecule has 2 rings (SSSR count). The molecule has 0 saturated heterocycles. The van der Waals surface area contributed by atoms with Gasteiger partial charge in [-0.15, -0.1) is 0 Å². The van der Waals surface area contributed by atoms with Gasteiger partial charge in [-0.25, -0.2) is 13.8 Å². The van der Waals surface area contributed by atoms with Gasteiger partial charge in [-0.05, 0) is 42.3 Å². The lowest BCUT2D eigenvalue weighted by atomic mass is 10.2. The number of nitrogens with zero attached hydrogens (tertiary/aromatic N) is 2. The molecule has 150 valence electrons. The van der Waals surface area contributed by atoms with E-state index < -0.39 is 22.5 Å². The second-order valence-electron chi connectivity index (χ2n) is 5.88. The minimum atomic E-state index is -3.92. The highest BCUT2D eigenvalue weighted by molar-refractivity contribution is 7.89. The SMILES string of the molecule is COc1ccc(C)cc1S(=O)(=O)N(C)CC(=O)N/N=C/c1ccc(Cl)c(Cl)c1. The molecule has 1 amide bonds. The number of carbonyl (C=O) groups is 1. The molecule has 0 fully saturated rings. The zero-order chi connectivity index (χ0) is 20.9. The number of sulfonamides is 1. The van der Waals surface area contributed by atoms with Crippen LogP contribution in [0.2, 0.25) is 10.0 Å². The van der Waals surface area contributed by atoms with Crippen LogP contribution in [0, 0.1) is 6.92 Å². The van der Waals surface area contributed by atoms with E-state index in [0.29, 0.717) is 15.6 Å². The Kier molecular flexibility index (Phi) is 7.42. The fraction of sp³-hybridized carbons (Fsp3) is 0.222. The summed E-state index contributed by atoms with van der Waals surface area (Å²) in [4.78, 5) is 12.0. The summed E-state index contributed by atoms with van der Waals surface area (Å²) < 4.78 is 31.6. The highest BCUT2D eigenvalue weighted by atomic mass is 35.5. The molecular weight excluding hydrogens is 425 g/mol. The molecule has 7 nitrogen and oxygen atoms in total. The van der Waals surface area contributed by atoms with Crippen molar-refractivity contribution in [3.05, 3.63) is 57.6 Å². The van der Waals surface area contributed by atoms with Crippen LogP contribution in [0.3, 0.4) is 0 Å². The van der Waals surface area contributed by atoms with Crippen LogP contribution in [-0.2, 0) is 14.8 Å². The number of hydrogen-bond donors (Lipinski definition) is 1. The molecule has 0 aliphatic carbocycles. The van der Waals surface area contributed by atoms with Crippen LogP contribution in [0.25, 0.3) is 0 Å². The summed E-state index contributed by atoms with van der Waals surface area (Å²) in [5.74, 6) is -0.399. The summed E-state index contributed by atoms with van der Waals surface area (Å²) in [6, 6.07) is 9.65. The quantitative estimate of drug-likeness (QED) is 0.525. The Balaban J connectivity index is 2.06. The molecular formula is C18H19Cl2N3O4S. The Morgan fingerprint density at radius 2 is 1.93 bits per heavy atom. The summed E-state index contributed by atoms with van der Waals surface area (Å²) in [5, 5.41) is 4.56. The van der Waals surface area contributed by atoms with Gasteiger partial charge in [0.2, 0.25) is 10.0 Å². The number of benzene rings is 2. The van der Waals surface area contributed by atoms with Crippen LogP contribution in [0.4, 0.5) is 0 Å². The van der Waals surface area contributed by atoms with Crippen LogP contribution in [0.15, 0.2) is 46.4 Å². The summed E-state index contributed by atoms with van der Waals surface area (Å²) in [6.07, 6.45) is 1.37. The minimum Gasteiger partial charge on any atom is -0.495 e. The summed E-state index contributed by atoms with van der Waals surface area (Å²) in [5.41, 5.74) is 3.66. The standard InChI is InChI=1S/C18H19Cl2N3O4S/c1-12-4-7-16(27-3)17(8-12)28(25,26)23(2)11-18(24)22-21-10-13-5-6-14(19)15(20)9-13/h4-10H,11H2,1-3H3,(H,22,24)/b21-10+. The van der Waals surface area contributed by atoms with Crippen LogP contribution in [-0.4, -0.2) is 45.5 Å². The van der Waals surface area contributed by atoms with E-state index in [-0.39, 0.29) is 10.6 Å². The Morgan fingerprint density at radius 3 is 2.57 bits per heavy atom. The molecule has 1 N–H and O–H groups in total. The van der Waals surface area contributed by atoms with E-state index in [0.717, 1.165) is 9.87 Å². The van der Waals surface area contributed by atoms with Crippen molar-refractivity contribution in [3.63, 3.8) is 0 Å². The number of halogens is 2. The molecule has 0 radical (unpaired) electrons. The molecule has 0 bridgehead atoms. The normalized spacial score (nSPS) is 11.8. The molecule has 0 aromatic heterocycles. The Bertz CT molecular complexity index is 1010. The van der Waals surface area contributed by atoms with Crippen molar-refractivity contribution in [2.75, 3.05) is 20.7 Å². The summed E-state index contributed by atoms with van der Waals surface area (Å²) >= 11 is 11.7. The highest BCUT2D eigenvalue weighted by Crippen LogP contribution is 2.27. The molecule has 2 aromatic rings. The maximum absolute atomic E-state index is 12.8. The predicted octanol–water partition coefficient (Wildman–Crippen LogP) is 3.08. The third-order valence-corrected chi connectivity index (χ3v) is 6.28. The predicted molar refractivity (Wildman–Crippen MR) is 110 cm³/mol. The van der Waals surface area contributed by atoms with Crippen molar-refractivity contribution in [3.8, 4) is 5.75 Å². The van der Waals surface area contributed by atoms with Crippen LogP contribution in [0.1, 0.15) is 11.1 Å². The minimum absolute atomic E-state index is 0.00962. The summed E-state index contributed by atoms with van der Waals surface area (Å²) in [7, 11) is -1.24. The second-order valence-corrected chi connectivity index (χ2v) is 8.71. The van der Waals surface area contributed by atoms with E-state index in [4.69, 9.17) is 27.9 Å². The average Bonchev–Trinajstić information content (AvgIpc) is 2.64. The van der Waals surface area contributed by atoms with Gasteiger partial charge >= 0.3 is 0 Å². The molecule has 0 heterocycles. The third kappa shape index (κ3) is 5.45. The van der Waals surface area contributed by atoms with Gasteiger partial charge in [-0.1, -0.05) is 35.3 Å². The average molecular weight is 444 g/mol. The number of aryl methyl sites for hydroxylation is 1. The highest BCUT2D eigenvalue weighted by Gasteiger charge is 2.26. The second kappa shape index (κ2) is 9.38. The number of nitrogens with one attached hydrogen (secondary N) is 1. The van der Waals surface area contributed by atoms with Gasteiger partial charge in [0.05, 0.1) is 29.9 Å². The summed E-state index contributed by atoms with van der Waals surface area (Å²) in [6.45, 7) is 1.35. The Morgan fingerprint density at radius 1 is 1.21 bits per heavy atom. The number of likely N-dealkylation sites (N-methyl/N-ethyl adjacent to an activating group) is 1. The molecule has 2 aromatic carbocycles. The van der Waals surface area contributed by atoms with Gasteiger partial charge in [0.1, 0.15) is 10.6 Å². The molecule has 28 heavy (non-hydrogen) atoms. The number of methoxy groups -OCH3 is 1. The molecule has 0 unspecified atom stereocenters. The smallest absolute Gasteiger partial charge is 0.255 e. The lowest BCUT2D eigenvalue weighted by Crippen LogP contribution is -2.36. The van der Waals surface area contributed by atoms with Crippen molar-refractivity contribution in [2.45, 2.75) is 11.8 Å². The molecule has 0 atom stereocenters. The zero-order valence-corrected chi connectivity index (χ0v) is 17.8. The van der Waals surface area contributed by atoms with Gasteiger partial charge in [-0.2, -0.15) is 9.41 Å². The van der Waals surface area contributed by atoms with E-state index >= 15 is 0 Å².